The Balaban J connectivity index is 1.91. The molecule has 27 heavy (non-hydrogen) atoms. The fraction of sp³-hybridized carbons (Fsp3) is 0.167. The van der Waals surface area contributed by atoms with E-state index < -0.39 is 0 Å². The molecule has 4 rings (SSSR count). The molecule has 1 aromatic heterocycles. The largest absolute Gasteiger partial charge is 0.289 e. The first-order valence-electron chi connectivity index (χ1n) is 9.04. The van der Waals surface area contributed by atoms with E-state index in [1.165, 1.54) is 0 Å². The zero-order valence-corrected chi connectivity index (χ0v) is 16.5. The second-order valence-electron chi connectivity index (χ2n) is 7.69. The lowest BCUT2D eigenvalue weighted by Crippen LogP contribution is -2.13. The first-order valence-corrected chi connectivity index (χ1v) is 9.85. The Kier molecular flexibility index (Phi) is 4.40. The number of benzene rings is 3. The van der Waals surface area contributed by atoms with E-state index >= 15 is 0 Å². The van der Waals surface area contributed by atoms with Gasteiger partial charge in [-0.3, -0.25) is 4.79 Å². The Labute approximate surface area is 163 Å². The monoisotopic (exact) mass is 371 g/mol. The summed E-state index contributed by atoms with van der Waals surface area (Å²) in [5, 5.41) is 0.885. The molecule has 0 bridgehead atoms. The highest BCUT2D eigenvalue weighted by molar-refractivity contribution is 7.21. The third-order valence-corrected chi connectivity index (χ3v) is 5.76. The second kappa shape index (κ2) is 6.75. The van der Waals surface area contributed by atoms with Crippen molar-refractivity contribution < 1.29 is 4.79 Å². The Hall–Kier alpha value is -2.78. The highest BCUT2D eigenvalue weighted by atomic mass is 32.1. The number of carbonyl (C=O) groups is 1. The van der Waals surface area contributed by atoms with Crippen molar-refractivity contribution in [2.45, 2.75) is 26.2 Å². The number of hydrogen-bond donors (Lipinski definition) is 0. The number of carbonyl (C=O) groups excluding carboxylic acids is 1. The third kappa shape index (κ3) is 3.43. The van der Waals surface area contributed by atoms with Gasteiger partial charge in [0.15, 0.2) is 5.78 Å². The lowest BCUT2D eigenvalue weighted by atomic mass is 9.84. The van der Waals surface area contributed by atoms with Gasteiger partial charge in [-0.15, -0.1) is 11.3 Å². The maximum atomic E-state index is 13.3. The molecule has 0 saturated carbocycles. The molecular formula is C24H21NOS. The van der Waals surface area contributed by atoms with E-state index in [0.29, 0.717) is 11.1 Å². The molecule has 0 unspecified atom stereocenters. The van der Waals surface area contributed by atoms with E-state index in [4.69, 9.17) is 4.98 Å². The SMILES string of the molecule is CC(C)(C)c1ccc(-c2nc3ccccc3s2)c(C(=O)c2ccccc2)c1. The Bertz CT molecular complexity index is 1090. The zero-order chi connectivity index (χ0) is 19.0. The molecule has 0 fully saturated rings. The van der Waals surface area contributed by atoms with Gasteiger partial charge in [-0.1, -0.05) is 75.4 Å². The number of hydrogen-bond acceptors (Lipinski definition) is 3. The summed E-state index contributed by atoms with van der Waals surface area (Å²) in [7, 11) is 0. The number of thiazole rings is 1. The number of aromatic nitrogens is 1. The molecule has 3 aromatic carbocycles. The minimum absolute atomic E-state index is 0.0299. The van der Waals surface area contributed by atoms with Crippen LogP contribution in [0.3, 0.4) is 0 Å². The van der Waals surface area contributed by atoms with Gasteiger partial charge in [-0.2, -0.15) is 0 Å². The summed E-state index contributed by atoms with van der Waals surface area (Å²) in [5.41, 5.74) is 4.40. The van der Waals surface area contributed by atoms with Crippen LogP contribution < -0.4 is 0 Å². The number of fused-ring (bicyclic) bond motifs is 1. The molecule has 0 aliphatic rings. The normalized spacial score (nSPS) is 11.7. The van der Waals surface area contributed by atoms with Crippen molar-refractivity contribution in [2.75, 3.05) is 0 Å². The van der Waals surface area contributed by atoms with Crippen LogP contribution >= 0.6 is 11.3 Å². The van der Waals surface area contributed by atoms with Crippen LogP contribution in [-0.2, 0) is 5.41 Å². The van der Waals surface area contributed by atoms with Crippen molar-refractivity contribution >= 4 is 27.3 Å². The molecule has 0 spiro atoms. The minimum atomic E-state index is -0.0299. The number of nitrogens with zero attached hydrogens (tertiary/aromatic N) is 1. The van der Waals surface area contributed by atoms with Crippen LogP contribution in [-0.4, -0.2) is 10.8 Å². The smallest absolute Gasteiger partial charge is 0.193 e. The van der Waals surface area contributed by atoms with Crippen LogP contribution in [0.4, 0.5) is 0 Å². The van der Waals surface area contributed by atoms with Gasteiger partial charge in [0.2, 0.25) is 0 Å². The maximum Gasteiger partial charge on any atom is 0.193 e. The van der Waals surface area contributed by atoms with E-state index in [0.717, 1.165) is 26.4 Å². The molecule has 0 atom stereocenters. The van der Waals surface area contributed by atoms with Gasteiger partial charge in [-0.05, 0) is 29.2 Å². The highest BCUT2D eigenvalue weighted by Crippen LogP contribution is 2.35. The van der Waals surface area contributed by atoms with Crippen LogP contribution in [0.25, 0.3) is 20.8 Å². The molecule has 0 saturated heterocycles. The molecule has 0 amide bonds. The van der Waals surface area contributed by atoms with Crippen molar-refractivity contribution in [1.82, 2.24) is 4.98 Å². The van der Waals surface area contributed by atoms with Crippen LogP contribution in [0.1, 0.15) is 42.3 Å². The molecule has 0 aliphatic heterocycles. The molecule has 0 N–H and O–H groups in total. The van der Waals surface area contributed by atoms with Crippen LogP contribution in [0.5, 0.6) is 0 Å². The maximum absolute atomic E-state index is 13.3. The fourth-order valence-corrected chi connectivity index (χ4v) is 4.12. The average Bonchev–Trinajstić information content (AvgIpc) is 3.11. The lowest BCUT2D eigenvalue weighted by Gasteiger charge is -2.21. The fourth-order valence-electron chi connectivity index (χ4n) is 3.12. The summed E-state index contributed by atoms with van der Waals surface area (Å²) in [6.07, 6.45) is 0. The Morgan fingerprint density at radius 3 is 2.30 bits per heavy atom. The molecule has 1 heterocycles. The van der Waals surface area contributed by atoms with Crippen molar-refractivity contribution in [2.24, 2.45) is 0 Å². The van der Waals surface area contributed by atoms with Crippen molar-refractivity contribution in [3.63, 3.8) is 0 Å². The van der Waals surface area contributed by atoms with Crippen LogP contribution in [0.15, 0.2) is 72.8 Å². The Morgan fingerprint density at radius 2 is 1.59 bits per heavy atom. The summed E-state index contributed by atoms with van der Waals surface area (Å²) < 4.78 is 1.13. The van der Waals surface area contributed by atoms with E-state index in [9.17, 15) is 4.79 Å². The van der Waals surface area contributed by atoms with E-state index in [1.807, 2.05) is 54.6 Å². The van der Waals surface area contributed by atoms with Crippen molar-refractivity contribution in [3.8, 4) is 10.6 Å². The van der Waals surface area contributed by atoms with Gasteiger partial charge < -0.3 is 0 Å². The quantitative estimate of drug-likeness (QED) is 0.385. The summed E-state index contributed by atoms with van der Waals surface area (Å²) in [5.74, 6) is 0.0379. The van der Waals surface area contributed by atoms with E-state index in [1.54, 1.807) is 11.3 Å². The molecule has 2 nitrogen and oxygen atoms in total. The van der Waals surface area contributed by atoms with E-state index in [2.05, 4.69) is 39.0 Å². The van der Waals surface area contributed by atoms with Gasteiger partial charge >= 0.3 is 0 Å². The number of ketones is 1. The van der Waals surface area contributed by atoms with Gasteiger partial charge in [0.1, 0.15) is 5.01 Å². The predicted octanol–water partition coefficient (Wildman–Crippen LogP) is 6.49. The predicted molar refractivity (Wildman–Crippen MR) is 114 cm³/mol. The number of rotatable bonds is 3. The van der Waals surface area contributed by atoms with E-state index in [-0.39, 0.29) is 11.2 Å². The minimum Gasteiger partial charge on any atom is -0.289 e. The van der Waals surface area contributed by atoms with Gasteiger partial charge in [0, 0.05) is 16.7 Å². The molecule has 3 heteroatoms. The molecule has 4 aromatic rings. The summed E-state index contributed by atoms with van der Waals surface area (Å²) >= 11 is 1.63. The first kappa shape index (κ1) is 17.6. The van der Waals surface area contributed by atoms with Crippen molar-refractivity contribution in [3.05, 3.63) is 89.5 Å². The second-order valence-corrected chi connectivity index (χ2v) is 8.72. The van der Waals surface area contributed by atoms with Crippen LogP contribution in [0.2, 0.25) is 0 Å². The van der Waals surface area contributed by atoms with Gasteiger partial charge in [0.25, 0.3) is 0 Å². The third-order valence-electron chi connectivity index (χ3n) is 4.69. The molecule has 0 radical (unpaired) electrons. The Morgan fingerprint density at radius 1 is 0.889 bits per heavy atom. The van der Waals surface area contributed by atoms with Crippen LogP contribution in [0, 0.1) is 0 Å². The first-order chi connectivity index (χ1) is 12.9. The standard InChI is InChI=1S/C24H21NOS/c1-24(2,3)17-13-14-18(23-25-20-11-7-8-12-21(20)27-23)19(15-17)22(26)16-9-5-4-6-10-16/h4-15H,1-3H3. The van der Waals surface area contributed by atoms with Crippen molar-refractivity contribution in [1.29, 1.82) is 0 Å². The number of para-hydroxylation sites is 1. The lowest BCUT2D eigenvalue weighted by molar-refractivity contribution is 0.103. The molecule has 0 aliphatic carbocycles. The summed E-state index contributed by atoms with van der Waals surface area (Å²) in [6, 6.07) is 23.8. The van der Waals surface area contributed by atoms with Gasteiger partial charge in [0.05, 0.1) is 10.2 Å². The molecule has 134 valence electrons. The summed E-state index contributed by atoms with van der Waals surface area (Å²) in [4.78, 5) is 18.1. The molecular weight excluding hydrogens is 350 g/mol. The topological polar surface area (TPSA) is 30.0 Å². The van der Waals surface area contributed by atoms with Gasteiger partial charge in [-0.25, -0.2) is 4.98 Å². The average molecular weight is 372 g/mol. The highest BCUT2D eigenvalue weighted by Gasteiger charge is 2.21. The zero-order valence-electron chi connectivity index (χ0n) is 15.7. The summed E-state index contributed by atoms with van der Waals surface area (Å²) in [6.45, 7) is 6.49.